The Kier molecular flexibility index (Phi) is 3.43. The molecule has 19 heavy (non-hydrogen) atoms. The van der Waals surface area contributed by atoms with Crippen LogP contribution in [0.15, 0.2) is 17.5 Å². The second-order valence-corrected chi connectivity index (χ2v) is 6.89. The van der Waals surface area contributed by atoms with Crippen molar-refractivity contribution in [3.8, 4) is 0 Å². The Morgan fingerprint density at radius 2 is 2.16 bits per heavy atom. The molecule has 1 aromatic rings. The van der Waals surface area contributed by atoms with Crippen molar-refractivity contribution in [3.63, 3.8) is 0 Å². The molecule has 1 aromatic heterocycles. The lowest BCUT2D eigenvalue weighted by Crippen LogP contribution is -2.43. The van der Waals surface area contributed by atoms with Crippen LogP contribution in [0.2, 0.25) is 0 Å². The zero-order valence-electron chi connectivity index (χ0n) is 11.5. The number of hydrogen-bond donors (Lipinski definition) is 1. The van der Waals surface area contributed by atoms with Gasteiger partial charge in [0.15, 0.2) is 0 Å². The lowest BCUT2D eigenvalue weighted by atomic mass is 9.88. The number of amides is 1. The van der Waals surface area contributed by atoms with Crippen LogP contribution in [-0.2, 0) is 15.0 Å². The van der Waals surface area contributed by atoms with Gasteiger partial charge in [0.25, 0.3) is 0 Å². The van der Waals surface area contributed by atoms with Crippen molar-refractivity contribution in [3.05, 3.63) is 22.4 Å². The van der Waals surface area contributed by atoms with Gasteiger partial charge in [0, 0.05) is 18.0 Å². The molecule has 2 rings (SSSR count). The molecule has 2 heterocycles. The summed E-state index contributed by atoms with van der Waals surface area (Å²) in [5.74, 6) is -0.809. The lowest BCUT2D eigenvalue weighted by Gasteiger charge is -2.29. The third kappa shape index (κ3) is 2.39. The highest BCUT2D eigenvalue weighted by Gasteiger charge is 2.45. The highest BCUT2D eigenvalue weighted by Crippen LogP contribution is 2.35. The molecule has 1 amide bonds. The highest BCUT2D eigenvalue weighted by molar-refractivity contribution is 7.10. The van der Waals surface area contributed by atoms with E-state index in [-0.39, 0.29) is 5.91 Å². The molecule has 1 atom stereocenters. The van der Waals surface area contributed by atoms with Crippen LogP contribution in [0.5, 0.6) is 0 Å². The van der Waals surface area contributed by atoms with Crippen molar-refractivity contribution < 1.29 is 14.7 Å². The molecule has 0 aromatic carbocycles. The normalized spacial score (nSPS) is 23.6. The predicted molar refractivity (Wildman–Crippen MR) is 74.3 cm³/mol. The fourth-order valence-corrected chi connectivity index (χ4v) is 3.29. The Hall–Kier alpha value is -1.36. The first-order valence-corrected chi connectivity index (χ1v) is 7.22. The number of carbonyl (C=O) groups is 2. The van der Waals surface area contributed by atoms with Gasteiger partial charge in [-0.2, -0.15) is 0 Å². The van der Waals surface area contributed by atoms with Crippen molar-refractivity contribution >= 4 is 23.2 Å². The van der Waals surface area contributed by atoms with E-state index < -0.39 is 16.8 Å². The molecule has 4 nitrogen and oxygen atoms in total. The van der Waals surface area contributed by atoms with Gasteiger partial charge in [0.2, 0.25) is 5.91 Å². The zero-order valence-corrected chi connectivity index (χ0v) is 12.3. The maximum Gasteiger partial charge on any atom is 0.311 e. The Bertz CT molecular complexity index is 495. The Balaban J connectivity index is 2.16. The summed E-state index contributed by atoms with van der Waals surface area (Å²) >= 11 is 1.56. The molecule has 0 saturated carbocycles. The van der Waals surface area contributed by atoms with E-state index in [0.717, 1.165) is 4.88 Å². The Labute approximate surface area is 117 Å². The molecule has 1 saturated heterocycles. The Morgan fingerprint density at radius 1 is 1.47 bits per heavy atom. The van der Waals surface area contributed by atoms with Gasteiger partial charge >= 0.3 is 5.97 Å². The first-order valence-electron chi connectivity index (χ1n) is 6.34. The molecular formula is C14H19NO3S. The SMILES string of the molecule is CC1(C(=O)O)CCN(C(=O)C(C)(C)c2cccs2)C1. The largest absolute Gasteiger partial charge is 0.481 e. The molecule has 1 aliphatic rings. The zero-order chi connectivity index (χ0) is 14.3. The number of carboxylic acids is 1. The first-order chi connectivity index (χ1) is 8.77. The molecule has 1 aliphatic heterocycles. The molecule has 5 heteroatoms. The first kappa shape index (κ1) is 14.1. The summed E-state index contributed by atoms with van der Waals surface area (Å²) in [7, 11) is 0. The van der Waals surface area contributed by atoms with Crippen LogP contribution in [0.3, 0.4) is 0 Å². The standard InChI is InChI=1S/C14H19NO3S/c1-13(2,10-5-4-8-19-10)11(16)15-7-6-14(3,9-15)12(17)18/h4-5,8H,6-7,9H2,1-3H3,(H,17,18). The van der Waals surface area contributed by atoms with E-state index >= 15 is 0 Å². The van der Waals surface area contributed by atoms with Gasteiger partial charge < -0.3 is 10.0 Å². The van der Waals surface area contributed by atoms with E-state index in [0.29, 0.717) is 19.5 Å². The number of thiophene rings is 1. The summed E-state index contributed by atoms with van der Waals surface area (Å²) < 4.78 is 0. The van der Waals surface area contributed by atoms with Crippen molar-refractivity contribution in [2.75, 3.05) is 13.1 Å². The van der Waals surface area contributed by atoms with Gasteiger partial charge in [0.05, 0.1) is 10.8 Å². The number of carboxylic acid groups (broad SMARTS) is 1. The fraction of sp³-hybridized carbons (Fsp3) is 0.571. The molecule has 1 unspecified atom stereocenters. The average molecular weight is 281 g/mol. The molecule has 0 aliphatic carbocycles. The number of rotatable bonds is 3. The summed E-state index contributed by atoms with van der Waals surface area (Å²) in [6, 6.07) is 3.88. The highest BCUT2D eigenvalue weighted by atomic mass is 32.1. The monoisotopic (exact) mass is 281 g/mol. The minimum atomic E-state index is -0.822. The second-order valence-electron chi connectivity index (χ2n) is 5.94. The average Bonchev–Trinajstić information content (AvgIpc) is 2.97. The van der Waals surface area contributed by atoms with E-state index in [1.54, 1.807) is 23.2 Å². The summed E-state index contributed by atoms with van der Waals surface area (Å²) in [4.78, 5) is 26.6. The van der Waals surface area contributed by atoms with Crippen molar-refractivity contribution in [1.82, 2.24) is 4.90 Å². The van der Waals surface area contributed by atoms with E-state index in [9.17, 15) is 14.7 Å². The van der Waals surface area contributed by atoms with Gasteiger partial charge in [-0.15, -0.1) is 11.3 Å². The molecule has 1 N–H and O–H groups in total. The second kappa shape index (κ2) is 4.63. The molecule has 1 fully saturated rings. The van der Waals surface area contributed by atoms with Gasteiger partial charge in [0.1, 0.15) is 0 Å². The van der Waals surface area contributed by atoms with Gasteiger partial charge in [-0.3, -0.25) is 9.59 Å². The smallest absolute Gasteiger partial charge is 0.311 e. The molecule has 104 valence electrons. The molecule has 0 radical (unpaired) electrons. The van der Waals surface area contributed by atoms with Crippen LogP contribution in [0, 0.1) is 5.41 Å². The van der Waals surface area contributed by atoms with Crippen LogP contribution in [0.25, 0.3) is 0 Å². The number of carbonyl (C=O) groups excluding carboxylic acids is 1. The summed E-state index contributed by atoms with van der Waals surface area (Å²) in [5, 5.41) is 11.2. The topological polar surface area (TPSA) is 57.6 Å². The van der Waals surface area contributed by atoms with Crippen molar-refractivity contribution in [2.24, 2.45) is 5.41 Å². The van der Waals surface area contributed by atoms with E-state index in [4.69, 9.17) is 0 Å². The maximum absolute atomic E-state index is 12.6. The Morgan fingerprint density at radius 3 is 2.63 bits per heavy atom. The third-order valence-corrected chi connectivity index (χ3v) is 5.14. The number of nitrogens with zero attached hydrogens (tertiary/aromatic N) is 1. The van der Waals surface area contributed by atoms with E-state index in [1.807, 2.05) is 31.4 Å². The predicted octanol–water partition coefficient (Wildman–Crippen LogP) is 2.35. The lowest BCUT2D eigenvalue weighted by molar-refractivity contribution is -0.147. The quantitative estimate of drug-likeness (QED) is 0.925. The maximum atomic E-state index is 12.6. The van der Waals surface area contributed by atoms with Crippen LogP contribution >= 0.6 is 11.3 Å². The number of likely N-dealkylation sites (tertiary alicyclic amines) is 1. The van der Waals surface area contributed by atoms with Crippen LogP contribution in [0.1, 0.15) is 32.1 Å². The van der Waals surface area contributed by atoms with Crippen LogP contribution in [0.4, 0.5) is 0 Å². The third-order valence-electron chi connectivity index (χ3n) is 3.95. The van der Waals surface area contributed by atoms with Gasteiger partial charge in [-0.1, -0.05) is 6.07 Å². The van der Waals surface area contributed by atoms with E-state index in [1.165, 1.54) is 0 Å². The molecule has 0 spiro atoms. The van der Waals surface area contributed by atoms with Crippen molar-refractivity contribution in [1.29, 1.82) is 0 Å². The number of aliphatic carboxylic acids is 1. The minimum Gasteiger partial charge on any atom is -0.481 e. The number of hydrogen-bond acceptors (Lipinski definition) is 3. The van der Waals surface area contributed by atoms with Crippen molar-refractivity contribution in [2.45, 2.75) is 32.6 Å². The summed E-state index contributed by atoms with van der Waals surface area (Å²) in [6.45, 7) is 6.34. The van der Waals surface area contributed by atoms with Crippen LogP contribution in [-0.4, -0.2) is 35.0 Å². The summed E-state index contributed by atoms with van der Waals surface area (Å²) in [6.07, 6.45) is 0.522. The summed E-state index contributed by atoms with van der Waals surface area (Å²) in [5.41, 5.74) is -1.39. The van der Waals surface area contributed by atoms with Gasteiger partial charge in [-0.05, 0) is 38.6 Å². The molecular weight excluding hydrogens is 262 g/mol. The fourth-order valence-electron chi connectivity index (χ4n) is 2.44. The van der Waals surface area contributed by atoms with E-state index in [2.05, 4.69) is 0 Å². The minimum absolute atomic E-state index is 0.0138. The van der Waals surface area contributed by atoms with Crippen LogP contribution < -0.4 is 0 Å². The molecule has 0 bridgehead atoms. The van der Waals surface area contributed by atoms with Gasteiger partial charge in [-0.25, -0.2) is 0 Å².